The molecule has 19 heavy (non-hydrogen) atoms. The van der Waals surface area contributed by atoms with Crippen LogP contribution in [0.3, 0.4) is 0 Å². The number of aryl methyl sites for hydroxylation is 2. The van der Waals surface area contributed by atoms with Gasteiger partial charge in [0, 0.05) is 18.0 Å². The number of hydrogen-bond acceptors (Lipinski definition) is 5. The highest BCUT2D eigenvalue weighted by Crippen LogP contribution is 2.13. The maximum absolute atomic E-state index is 5.13. The first-order valence-electron chi connectivity index (χ1n) is 6.29. The molecule has 100 valence electrons. The Morgan fingerprint density at radius 3 is 2.89 bits per heavy atom. The highest BCUT2D eigenvalue weighted by Gasteiger charge is 2.05. The van der Waals surface area contributed by atoms with Gasteiger partial charge >= 0.3 is 0 Å². The summed E-state index contributed by atoms with van der Waals surface area (Å²) in [6.45, 7) is 4.64. The molecule has 0 amide bonds. The summed E-state index contributed by atoms with van der Waals surface area (Å²) in [6, 6.07) is 5.83. The van der Waals surface area contributed by atoms with Crippen LogP contribution in [0.25, 0.3) is 0 Å². The van der Waals surface area contributed by atoms with E-state index in [0.717, 1.165) is 17.8 Å². The van der Waals surface area contributed by atoms with Gasteiger partial charge in [0.15, 0.2) is 0 Å². The number of aromatic nitrogens is 3. The predicted octanol–water partition coefficient (Wildman–Crippen LogP) is 2.36. The van der Waals surface area contributed by atoms with Crippen molar-refractivity contribution in [2.45, 2.75) is 26.8 Å². The molecular formula is C14H18N4O. The van der Waals surface area contributed by atoms with Crippen molar-refractivity contribution in [2.24, 2.45) is 0 Å². The monoisotopic (exact) mass is 258 g/mol. The molecule has 0 aliphatic rings. The second-order valence-corrected chi connectivity index (χ2v) is 4.19. The molecule has 0 aliphatic carbocycles. The summed E-state index contributed by atoms with van der Waals surface area (Å²) in [4.78, 5) is 13.0. The summed E-state index contributed by atoms with van der Waals surface area (Å²) >= 11 is 0. The number of hydrogen-bond donors (Lipinski definition) is 1. The third-order valence-corrected chi connectivity index (χ3v) is 2.82. The lowest BCUT2D eigenvalue weighted by molar-refractivity contribution is 0.397. The van der Waals surface area contributed by atoms with Crippen molar-refractivity contribution < 1.29 is 4.74 Å². The van der Waals surface area contributed by atoms with E-state index in [1.165, 1.54) is 5.56 Å². The van der Waals surface area contributed by atoms with Crippen LogP contribution in [0.15, 0.2) is 24.4 Å². The van der Waals surface area contributed by atoms with Gasteiger partial charge < -0.3 is 10.1 Å². The fraction of sp³-hybridized carbons (Fsp3) is 0.357. The van der Waals surface area contributed by atoms with Crippen molar-refractivity contribution >= 4 is 5.95 Å². The maximum Gasteiger partial charge on any atom is 0.226 e. The maximum atomic E-state index is 5.13. The molecule has 0 saturated carbocycles. The van der Waals surface area contributed by atoms with E-state index in [0.29, 0.717) is 18.4 Å². The molecule has 0 unspecified atom stereocenters. The highest BCUT2D eigenvalue weighted by molar-refractivity contribution is 5.32. The van der Waals surface area contributed by atoms with Gasteiger partial charge in [-0.2, -0.15) is 4.98 Å². The first-order valence-corrected chi connectivity index (χ1v) is 6.29. The van der Waals surface area contributed by atoms with Crippen LogP contribution >= 0.6 is 0 Å². The van der Waals surface area contributed by atoms with Crippen molar-refractivity contribution in [1.29, 1.82) is 0 Å². The summed E-state index contributed by atoms with van der Waals surface area (Å²) in [5.74, 6) is 1.12. The zero-order valence-electron chi connectivity index (χ0n) is 11.5. The Hall–Kier alpha value is -2.17. The topological polar surface area (TPSA) is 59.9 Å². The molecule has 0 spiro atoms. The minimum Gasteiger partial charge on any atom is -0.481 e. The average molecular weight is 258 g/mol. The van der Waals surface area contributed by atoms with Gasteiger partial charge in [-0.3, -0.25) is 4.98 Å². The van der Waals surface area contributed by atoms with E-state index in [1.54, 1.807) is 19.4 Å². The number of nitrogens with zero attached hydrogens (tertiary/aromatic N) is 3. The first-order chi connectivity index (χ1) is 9.22. The summed E-state index contributed by atoms with van der Waals surface area (Å²) in [7, 11) is 1.60. The van der Waals surface area contributed by atoms with E-state index in [2.05, 4.69) is 33.3 Å². The fourth-order valence-corrected chi connectivity index (χ4v) is 1.84. The van der Waals surface area contributed by atoms with Crippen molar-refractivity contribution in [3.63, 3.8) is 0 Å². The van der Waals surface area contributed by atoms with E-state index < -0.39 is 0 Å². The highest BCUT2D eigenvalue weighted by atomic mass is 16.5. The first kappa shape index (κ1) is 13.3. The van der Waals surface area contributed by atoms with Crippen LogP contribution in [0.5, 0.6) is 5.88 Å². The number of ether oxygens (including phenoxy) is 1. The van der Waals surface area contributed by atoms with Gasteiger partial charge in [-0.15, -0.1) is 0 Å². The Balaban J connectivity index is 2.12. The zero-order chi connectivity index (χ0) is 13.7. The molecule has 0 radical (unpaired) electrons. The van der Waals surface area contributed by atoms with Gasteiger partial charge in [-0.25, -0.2) is 4.98 Å². The SMILES string of the molecule is CCc1cccnc1CNc1nc(C)cc(OC)n1. The quantitative estimate of drug-likeness (QED) is 0.892. The van der Waals surface area contributed by atoms with Crippen LogP contribution in [0.1, 0.15) is 23.9 Å². The minimum atomic E-state index is 0.560. The van der Waals surface area contributed by atoms with Crippen molar-refractivity contribution in [3.8, 4) is 5.88 Å². The van der Waals surface area contributed by atoms with Crippen LogP contribution in [0, 0.1) is 6.92 Å². The molecule has 0 atom stereocenters. The van der Waals surface area contributed by atoms with Gasteiger partial charge in [0.05, 0.1) is 19.3 Å². The standard InChI is InChI=1S/C14H18N4O/c1-4-11-6-5-7-15-12(11)9-16-14-17-10(2)8-13(18-14)19-3/h5-8H,4,9H2,1-3H3,(H,16,17,18). The molecule has 0 aliphatic heterocycles. The lowest BCUT2D eigenvalue weighted by Gasteiger charge is -2.09. The second-order valence-electron chi connectivity index (χ2n) is 4.19. The molecule has 5 heteroatoms. The lowest BCUT2D eigenvalue weighted by Crippen LogP contribution is -2.08. The van der Waals surface area contributed by atoms with Crippen LogP contribution in [-0.4, -0.2) is 22.1 Å². The smallest absolute Gasteiger partial charge is 0.226 e. The van der Waals surface area contributed by atoms with E-state index in [4.69, 9.17) is 4.74 Å². The van der Waals surface area contributed by atoms with Crippen molar-refractivity contribution in [1.82, 2.24) is 15.0 Å². The van der Waals surface area contributed by atoms with E-state index in [-0.39, 0.29) is 0 Å². The molecule has 2 aromatic heterocycles. The molecule has 5 nitrogen and oxygen atoms in total. The zero-order valence-corrected chi connectivity index (χ0v) is 11.5. The summed E-state index contributed by atoms with van der Waals surface area (Å²) < 4.78 is 5.13. The molecular weight excluding hydrogens is 240 g/mol. The van der Waals surface area contributed by atoms with Gasteiger partial charge in [0.25, 0.3) is 0 Å². The van der Waals surface area contributed by atoms with Gasteiger partial charge in [-0.1, -0.05) is 13.0 Å². The molecule has 0 saturated heterocycles. The lowest BCUT2D eigenvalue weighted by atomic mass is 10.1. The van der Waals surface area contributed by atoms with Gasteiger partial charge in [-0.05, 0) is 25.0 Å². The Morgan fingerprint density at radius 2 is 2.16 bits per heavy atom. The third kappa shape index (κ3) is 3.40. The number of pyridine rings is 1. The molecule has 0 fully saturated rings. The predicted molar refractivity (Wildman–Crippen MR) is 74.3 cm³/mol. The second kappa shape index (κ2) is 6.13. The number of nitrogens with one attached hydrogen (secondary N) is 1. The molecule has 1 N–H and O–H groups in total. The molecule has 2 rings (SSSR count). The van der Waals surface area contributed by atoms with Crippen molar-refractivity contribution in [2.75, 3.05) is 12.4 Å². The van der Waals surface area contributed by atoms with Crippen LogP contribution in [-0.2, 0) is 13.0 Å². The normalized spacial score (nSPS) is 10.3. The number of rotatable bonds is 5. The fourth-order valence-electron chi connectivity index (χ4n) is 1.84. The Labute approximate surface area is 113 Å². The molecule has 0 bridgehead atoms. The largest absolute Gasteiger partial charge is 0.481 e. The van der Waals surface area contributed by atoms with Gasteiger partial charge in [0.1, 0.15) is 0 Å². The average Bonchev–Trinajstić information content (AvgIpc) is 2.44. The van der Waals surface area contributed by atoms with E-state index in [1.807, 2.05) is 13.0 Å². The molecule has 2 heterocycles. The van der Waals surface area contributed by atoms with Crippen LogP contribution in [0.2, 0.25) is 0 Å². The van der Waals surface area contributed by atoms with Crippen molar-refractivity contribution in [3.05, 3.63) is 41.3 Å². The van der Waals surface area contributed by atoms with Crippen LogP contribution < -0.4 is 10.1 Å². The summed E-state index contributed by atoms with van der Waals surface area (Å²) in [6.07, 6.45) is 2.76. The summed E-state index contributed by atoms with van der Waals surface area (Å²) in [5.41, 5.74) is 3.12. The molecule has 0 aromatic carbocycles. The number of anilines is 1. The number of methoxy groups -OCH3 is 1. The Morgan fingerprint density at radius 1 is 1.32 bits per heavy atom. The van der Waals surface area contributed by atoms with Crippen LogP contribution in [0.4, 0.5) is 5.95 Å². The molecule has 2 aromatic rings. The summed E-state index contributed by atoms with van der Waals surface area (Å²) in [5, 5.41) is 3.19. The van der Waals surface area contributed by atoms with Gasteiger partial charge in [0.2, 0.25) is 11.8 Å². The minimum absolute atomic E-state index is 0.560. The van der Waals surface area contributed by atoms with E-state index in [9.17, 15) is 0 Å². The Kier molecular flexibility index (Phi) is 4.28. The third-order valence-electron chi connectivity index (χ3n) is 2.82. The van der Waals surface area contributed by atoms with E-state index >= 15 is 0 Å². The Bertz CT molecular complexity index is 557.